The lowest BCUT2D eigenvalue weighted by Crippen LogP contribution is -2.30. The van der Waals surface area contributed by atoms with Gasteiger partial charge in [0.15, 0.2) is 0 Å². The number of nitrogens with zero attached hydrogens (tertiary/aromatic N) is 2. The second kappa shape index (κ2) is 6.20. The normalized spacial score (nSPS) is 10.6. The Bertz CT molecular complexity index is 380. The summed E-state index contributed by atoms with van der Waals surface area (Å²) in [6.45, 7) is 4.84. The molecule has 0 aliphatic carbocycles. The summed E-state index contributed by atoms with van der Waals surface area (Å²) in [5, 5.41) is 9.50. The van der Waals surface area contributed by atoms with E-state index >= 15 is 0 Å². The Kier molecular flexibility index (Phi) is 4.90. The summed E-state index contributed by atoms with van der Waals surface area (Å²) in [5.74, 6) is -0.341. The fourth-order valence-corrected chi connectivity index (χ4v) is 1.30. The summed E-state index contributed by atoms with van der Waals surface area (Å²) in [6, 6.07) is 1.50. The van der Waals surface area contributed by atoms with Crippen molar-refractivity contribution in [1.29, 1.82) is 0 Å². The molecular formula is C12H18N2O3. The molecule has 0 fully saturated rings. The molecule has 0 aromatic carbocycles. The van der Waals surface area contributed by atoms with E-state index in [1.165, 1.54) is 23.4 Å². The topological polar surface area (TPSA) is 62.7 Å². The number of aromatic nitrogens is 1. The van der Waals surface area contributed by atoms with E-state index < -0.39 is 0 Å². The molecular weight excluding hydrogens is 220 g/mol. The van der Waals surface area contributed by atoms with Gasteiger partial charge in [-0.15, -0.1) is 0 Å². The zero-order valence-electron chi connectivity index (χ0n) is 10.4. The van der Waals surface area contributed by atoms with E-state index in [0.29, 0.717) is 13.2 Å². The summed E-state index contributed by atoms with van der Waals surface area (Å²) >= 11 is 0. The van der Waals surface area contributed by atoms with Gasteiger partial charge in [0.1, 0.15) is 5.75 Å². The monoisotopic (exact) mass is 238 g/mol. The number of likely N-dealkylation sites (N-methyl/N-ethyl adjacent to an activating group) is 1. The van der Waals surface area contributed by atoms with Gasteiger partial charge in [0.25, 0.3) is 5.91 Å². The minimum atomic E-state index is -0.239. The van der Waals surface area contributed by atoms with Crippen LogP contribution in [0.25, 0.3) is 0 Å². The van der Waals surface area contributed by atoms with E-state index in [4.69, 9.17) is 4.74 Å². The van der Waals surface area contributed by atoms with Gasteiger partial charge in [-0.1, -0.05) is 0 Å². The van der Waals surface area contributed by atoms with E-state index in [-0.39, 0.29) is 23.3 Å². The summed E-state index contributed by atoms with van der Waals surface area (Å²) in [5.41, 5.74) is 0.257. The third-order valence-electron chi connectivity index (χ3n) is 2.26. The molecule has 0 saturated heterocycles. The molecule has 1 N–H and O–H groups in total. The second-order valence-electron chi connectivity index (χ2n) is 4.04. The highest BCUT2D eigenvalue weighted by Gasteiger charge is 2.15. The molecule has 1 amide bonds. The first-order valence-electron chi connectivity index (χ1n) is 5.52. The Morgan fingerprint density at radius 2 is 2.29 bits per heavy atom. The van der Waals surface area contributed by atoms with E-state index in [1.54, 1.807) is 7.05 Å². The molecule has 0 unspecified atom stereocenters. The first-order valence-corrected chi connectivity index (χ1v) is 5.52. The first-order chi connectivity index (χ1) is 8.02. The number of rotatable bonds is 5. The highest BCUT2D eigenvalue weighted by atomic mass is 16.5. The van der Waals surface area contributed by atoms with Crippen molar-refractivity contribution in [3.63, 3.8) is 0 Å². The molecule has 0 aliphatic heterocycles. The number of hydrogen-bond acceptors (Lipinski definition) is 4. The molecule has 0 atom stereocenters. The van der Waals surface area contributed by atoms with E-state index in [0.717, 1.165) is 0 Å². The number of amides is 1. The molecule has 94 valence electrons. The summed E-state index contributed by atoms with van der Waals surface area (Å²) in [4.78, 5) is 17.2. The second-order valence-corrected chi connectivity index (χ2v) is 4.04. The molecule has 0 bridgehead atoms. The highest BCUT2D eigenvalue weighted by Crippen LogP contribution is 2.15. The molecule has 0 spiro atoms. The van der Waals surface area contributed by atoms with Crippen LogP contribution in [0.4, 0.5) is 0 Å². The minimum Gasteiger partial charge on any atom is -0.505 e. The zero-order chi connectivity index (χ0) is 12.8. The van der Waals surface area contributed by atoms with Gasteiger partial charge in [0.2, 0.25) is 0 Å². The molecule has 1 rings (SSSR count). The standard InChI is InChI=1S/C12H18N2O3/c1-9(2)17-7-6-14(3)12(16)10-4-5-13-8-11(10)15/h4-5,8-9,15H,6-7H2,1-3H3. The van der Waals surface area contributed by atoms with Gasteiger partial charge in [-0.05, 0) is 19.9 Å². The van der Waals surface area contributed by atoms with Gasteiger partial charge in [-0.3, -0.25) is 9.78 Å². The summed E-state index contributed by atoms with van der Waals surface area (Å²) in [7, 11) is 1.67. The SMILES string of the molecule is CC(C)OCCN(C)C(=O)c1ccncc1O. The predicted octanol–water partition coefficient (Wildman–Crippen LogP) is 1.28. The van der Waals surface area contributed by atoms with Crippen LogP contribution in [0.15, 0.2) is 18.5 Å². The smallest absolute Gasteiger partial charge is 0.257 e. The number of hydrogen-bond donors (Lipinski definition) is 1. The van der Waals surface area contributed by atoms with Gasteiger partial charge in [-0.2, -0.15) is 0 Å². The van der Waals surface area contributed by atoms with E-state index in [2.05, 4.69) is 4.98 Å². The lowest BCUT2D eigenvalue weighted by molar-refractivity contribution is 0.0530. The number of carbonyl (C=O) groups excluding carboxylic acids is 1. The Morgan fingerprint density at radius 3 is 2.88 bits per heavy atom. The van der Waals surface area contributed by atoms with Gasteiger partial charge < -0.3 is 14.7 Å². The molecule has 1 heterocycles. The Morgan fingerprint density at radius 1 is 1.59 bits per heavy atom. The largest absolute Gasteiger partial charge is 0.505 e. The molecule has 0 saturated carbocycles. The van der Waals surface area contributed by atoms with Crippen LogP contribution in [0.1, 0.15) is 24.2 Å². The van der Waals surface area contributed by atoms with Crippen molar-refractivity contribution in [2.24, 2.45) is 0 Å². The van der Waals surface area contributed by atoms with Crippen molar-refractivity contribution in [2.75, 3.05) is 20.2 Å². The average molecular weight is 238 g/mol. The van der Waals surface area contributed by atoms with Crippen LogP contribution in [0.5, 0.6) is 5.75 Å². The van der Waals surface area contributed by atoms with Crippen LogP contribution >= 0.6 is 0 Å². The van der Waals surface area contributed by atoms with Crippen molar-refractivity contribution >= 4 is 5.91 Å². The molecule has 5 heteroatoms. The number of carbonyl (C=O) groups is 1. The van der Waals surface area contributed by atoms with Gasteiger partial charge >= 0.3 is 0 Å². The van der Waals surface area contributed by atoms with Gasteiger partial charge in [0, 0.05) is 19.8 Å². The van der Waals surface area contributed by atoms with Crippen LogP contribution in [0.3, 0.4) is 0 Å². The number of aromatic hydroxyl groups is 1. The fraction of sp³-hybridized carbons (Fsp3) is 0.500. The quantitative estimate of drug-likeness (QED) is 0.839. The summed E-state index contributed by atoms with van der Waals surface area (Å²) in [6.07, 6.45) is 2.88. The zero-order valence-corrected chi connectivity index (χ0v) is 10.4. The van der Waals surface area contributed by atoms with Crippen LogP contribution in [-0.2, 0) is 4.74 Å². The molecule has 0 aliphatic rings. The van der Waals surface area contributed by atoms with E-state index in [9.17, 15) is 9.90 Å². The van der Waals surface area contributed by atoms with Crippen LogP contribution in [-0.4, -0.2) is 47.2 Å². The van der Waals surface area contributed by atoms with Crippen molar-refractivity contribution in [1.82, 2.24) is 9.88 Å². The Hall–Kier alpha value is -1.62. The molecule has 5 nitrogen and oxygen atoms in total. The molecule has 1 aromatic rings. The van der Waals surface area contributed by atoms with Crippen molar-refractivity contribution in [2.45, 2.75) is 20.0 Å². The van der Waals surface area contributed by atoms with Gasteiger partial charge in [0.05, 0.1) is 24.5 Å². The molecule has 0 radical (unpaired) electrons. The predicted molar refractivity (Wildman–Crippen MR) is 64.0 cm³/mol. The minimum absolute atomic E-state index is 0.103. The molecule has 1 aromatic heterocycles. The lowest BCUT2D eigenvalue weighted by atomic mass is 10.2. The number of ether oxygens (including phenoxy) is 1. The Balaban J connectivity index is 2.55. The van der Waals surface area contributed by atoms with Crippen LogP contribution in [0.2, 0.25) is 0 Å². The Labute approximate surface area is 101 Å². The van der Waals surface area contributed by atoms with Gasteiger partial charge in [-0.25, -0.2) is 0 Å². The lowest BCUT2D eigenvalue weighted by Gasteiger charge is -2.18. The summed E-state index contributed by atoms with van der Waals surface area (Å²) < 4.78 is 5.36. The molecule has 17 heavy (non-hydrogen) atoms. The van der Waals surface area contributed by atoms with E-state index in [1.807, 2.05) is 13.8 Å². The first kappa shape index (κ1) is 13.4. The maximum atomic E-state index is 11.9. The maximum Gasteiger partial charge on any atom is 0.257 e. The highest BCUT2D eigenvalue weighted by molar-refractivity contribution is 5.96. The van der Waals surface area contributed by atoms with Crippen LogP contribution < -0.4 is 0 Å². The van der Waals surface area contributed by atoms with Crippen LogP contribution in [0, 0.1) is 0 Å². The van der Waals surface area contributed by atoms with Crippen molar-refractivity contribution in [3.8, 4) is 5.75 Å². The third kappa shape index (κ3) is 4.03. The fourth-order valence-electron chi connectivity index (χ4n) is 1.30. The average Bonchev–Trinajstić information content (AvgIpc) is 2.28. The number of pyridine rings is 1. The third-order valence-corrected chi connectivity index (χ3v) is 2.26. The van der Waals surface area contributed by atoms with Crippen molar-refractivity contribution < 1.29 is 14.6 Å². The van der Waals surface area contributed by atoms with Crippen molar-refractivity contribution in [3.05, 3.63) is 24.0 Å². The maximum absolute atomic E-state index is 11.9.